The number of benzene rings is 1. The predicted molar refractivity (Wildman–Crippen MR) is 77.1 cm³/mol. The number of hydrogen-bond donors (Lipinski definition) is 2. The molecule has 0 bridgehead atoms. The van der Waals surface area contributed by atoms with E-state index < -0.39 is 11.7 Å². The molecule has 20 heavy (non-hydrogen) atoms. The first-order chi connectivity index (χ1) is 9.28. The minimum absolute atomic E-state index is 0.0936. The summed E-state index contributed by atoms with van der Waals surface area (Å²) in [5.74, 6) is -0.243. The van der Waals surface area contributed by atoms with Gasteiger partial charge in [0.15, 0.2) is 0 Å². The van der Waals surface area contributed by atoms with Gasteiger partial charge in [0.1, 0.15) is 11.4 Å². The molecule has 1 amide bonds. The fourth-order valence-electron chi connectivity index (χ4n) is 1.64. The van der Waals surface area contributed by atoms with Gasteiger partial charge in [0, 0.05) is 19.1 Å². The van der Waals surface area contributed by atoms with E-state index in [0.29, 0.717) is 13.1 Å². The SMILES string of the molecule is CC(NCCNC(=O)OC(C)(C)C)c1ccc(F)cc1. The van der Waals surface area contributed by atoms with Crippen molar-refractivity contribution in [3.63, 3.8) is 0 Å². The average Bonchev–Trinajstić information content (AvgIpc) is 2.33. The van der Waals surface area contributed by atoms with Crippen LogP contribution in [-0.2, 0) is 4.74 Å². The standard InChI is InChI=1S/C15H23FN2O2/c1-11(12-5-7-13(16)8-6-12)17-9-10-18-14(19)20-15(2,3)4/h5-8,11,17H,9-10H2,1-4H3,(H,18,19). The lowest BCUT2D eigenvalue weighted by Gasteiger charge is -2.20. The highest BCUT2D eigenvalue weighted by molar-refractivity contribution is 5.67. The van der Waals surface area contributed by atoms with Crippen LogP contribution in [-0.4, -0.2) is 24.8 Å². The van der Waals surface area contributed by atoms with Crippen LogP contribution in [0.4, 0.5) is 9.18 Å². The summed E-state index contributed by atoms with van der Waals surface area (Å²) in [5, 5.41) is 5.92. The van der Waals surface area contributed by atoms with E-state index in [1.165, 1.54) is 12.1 Å². The lowest BCUT2D eigenvalue weighted by atomic mass is 10.1. The number of hydrogen-bond acceptors (Lipinski definition) is 3. The quantitative estimate of drug-likeness (QED) is 0.816. The average molecular weight is 282 g/mol. The number of halogens is 1. The van der Waals surface area contributed by atoms with Crippen molar-refractivity contribution in [2.24, 2.45) is 0 Å². The Labute approximate surface area is 119 Å². The van der Waals surface area contributed by atoms with Gasteiger partial charge in [-0.15, -0.1) is 0 Å². The van der Waals surface area contributed by atoms with Gasteiger partial charge in [-0.2, -0.15) is 0 Å². The molecule has 0 aliphatic heterocycles. The fourth-order valence-corrected chi connectivity index (χ4v) is 1.64. The summed E-state index contributed by atoms with van der Waals surface area (Å²) in [6.45, 7) is 8.53. The topological polar surface area (TPSA) is 50.4 Å². The molecule has 0 aromatic heterocycles. The van der Waals surface area contributed by atoms with Crippen LogP contribution in [0.25, 0.3) is 0 Å². The van der Waals surface area contributed by atoms with Gasteiger partial charge in [-0.05, 0) is 45.4 Å². The van der Waals surface area contributed by atoms with E-state index in [4.69, 9.17) is 4.74 Å². The Kier molecular flexibility index (Phi) is 5.95. The second-order valence-corrected chi connectivity index (χ2v) is 5.66. The van der Waals surface area contributed by atoms with Gasteiger partial charge >= 0.3 is 6.09 Å². The first-order valence-electron chi connectivity index (χ1n) is 6.73. The number of alkyl carbamates (subject to hydrolysis) is 1. The van der Waals surface area contributed by atoms with E-state index in [1.807, 2.05) is 27.7 Å². The van der Waals surface area contributed by atoms with Crippen molar-refractivity contribution in [1.29, 1.82) is 0 Å². The van der Waals surface area contributed by atoms with Crippen molar-refractivity contribution in [2.75, 3.05) is 13.1 Å². The molecular formula is C15H23FN2O2. The molecule has 4 nitrogen and oxygen atoms in total. The highest BCUT2D eigenvalue weighted by Crippen LogP contribution is 2.12. The molecule has 0 aliphatic carbocycles. The third-order valence-corrected chi connectivity index (χ3v) is 2.61. The maximum absolute atomic E-state index is 12.8. The van der Waals surface area contributed by atoms with E-state index >= 15 is 0 Å². The molecule has 0 spiro atoms. The zero-order valence-corrected chi connectivity index (χ0v) is 12.5. The molecule has 0 saturated heterocycles. The molecule has 0 fully saturated rings. The van der Waals surface area contributed by atoms with Gasteiger partial charge in [0.2, 0.25) is 0 Å². The smallest absolute Gasteiger partial charge is 0.407 e. The lowest BCUT2D eigenvalue weighted by molar-refractivity contribution is 0.0528. The van der Waals surface area contributed by atoms with Gasteiger partial charge < -0.3 is 15.4 Å². The molecule has 0 aliphatic rings. The minimum atomic E-state index is -0.487. The Morgan fingerprint density at radius 1 is 1.25 bits per heavy atom. The molecule has 0 saturated carbocycles. The molecule has 112 valence electrons. The molecule has 0 radical (unpaired) electrons. The predicted octanol–water partition coefficient (Wildman–Crippen LogP) is 3.00. The van der Waals surface area contributed by atoms with Gasteiger partial charge in [0.25, 0.3) is 0 Å². The van der Waals surface area contributed by atoms with Crippen LogP contribution >= 0.6 is 0 Å². The van der Waals surface area contributed by atoms with Gasteiger partial charge in [-0.1, -0.05) is 12.1 Å². The Morgan fingerprint density at radius 2 is 1.85 bits per heavy atom. The Morgan fingerprint density at radius 3 is 2.40 bits per heavy atom. The zero-order chi connectivity index (χ0) is 15.2. The summed E-state index contributed by atoms with van der Waals surface area (Å²) >= 11 is 0. The molecule has 1 atom stereocenters. The summed E-state index contributed by atoms with van der Waals surface area (Å²) in [6.07, 6.45) is -0.422. The van der Waals surface area contributed by atoms with Crippen molar-refractivity contribution in [3.05, 3.63) is 35.6 Å². The molecule has 1 aromatic carbocycles. The molecule has 1 rings (SSSR count). The van der Waals surface area contributed by atoms with Crippen molar-refractivity contribution in [1.82, 2.24) is 10.6 Å². The molecule has 5 heteroatoms. The number of amides is 1. The summed E-state index contributed by atoms with van der Waals surface area (Å²) in [7, 11) is 0. The molecule has 0 heterocycles. The highest BCUT2D eigenvalue weighted by Gasteiger charge is 2.15. The summed E-state index contributed by atoms with van der Waals surface area (Å²) in [6, 6.07) is 6.46. The van der Waals surface area contributed by atoms with Gasteiger partial charge in [0.05, 0.1) is 0 Å². The number of nitrogens with one attached hydrogen (secondary N) is 2. The normalized spacial score (nSPS) is 12.8. The van der Waals surface area contributed by atoms with E-state index in [9.17, 15) is 9.18 Å². The van der Waals surface area contributed by atoms with Crippen LogP contribution in [0.5, 0.6) is 0 Å². The first-order valence-corrected chi connectivity index (χ1v) is 6.73. The third-order valence-electron chi connectivity index (χ3n) is 2.61. The second-order valence-electron chi connectivity index (χ2n) is 5.66. The number of carbonyl (C=O) groups excluding carboxylic acids is 1. The van der Waals surface area contributed by atoms with Crippen LogP contribution < -0.4 is 10.6 Å². The van der Waals surface area contributed by atoms with Crippen molar-refractivity contribution in [2.45, 2.75) is 39.3 Å². The van der Waals surface area contributed by atoms with Crippen LogP contribution in [0, 0.1) is 5.82 Å². The highest BCUT2D eigenvalue weighted by atomic mass is 19.1. The fraction of sp³-hybridized carbons (Fsp3) is 0.533. The van der Waals surface area contributed by atoms with Crippen molar-refractivity contribution in [3.8, 4) is 0 Å². The molecule has 2 N–H and O–H groups in total. The van der Waals surface area contributed by atoms with Crippen LogP contribution in [0.1, 0.15) is 39.3 Å². The second kappa shape index (κ2) is 7.24. The summed E-state index contributed by atoms with van der Waals surface area (Å²) in [4.78, 5) is 11.4. The Bertz CT molecular complexity index is 426. The number of ether oxygens (including phenoxy) is 1. The maximum atomic E-state index is 12.8. The monoisotopic (exact) mass is 282 g/mol. The number of rotatable bonds is 5. The van der Waals surface area contributed by atoms with Crippen molar-refractivity contribution < 1.29 is 13.9 Å². The summed E-state index contributed by atoms with van der Waals surface area (Å²) < 4.78 is 17.9. The molecule has 1 unspecified atom stereocenters. The van der Waals surface area contributed by atoms with E-state index in [0.717, 1.165) is 5.56 Å². The maximum Gasteiger partial charge on any atom is 0.407 e. The summed E-state index contributed by atoms with van der Waals surface area (Å²) in [5.41, 5.74) is 0.516. The lowest BCUT2D eigenvalue weighted by Crippen LogP contribution is -2.36. The Hall–Kier alpha value is -1.62. The minimum Gasteiger partial charge on any atom is -0.444 e. The van der Waals surface area contributed by atoms with Crippen LogP contribution in [0.3, 0.4) is 0 Å². The van der Waals surface area contributed by atoms with Crippen LogP contribution in [0.2, 0.25) is 0 Å². The van der Waals surface area contributed by atoms with Crippen molar-refractivity contribution >= 4 is 6.09 Å². The zero-order valence-electron chi connectivity index (χ0n) is 12.5. The Balaban J connectivity index is 2.24. The van der Waals surface area contributed by atoms with Gasteiger partial charge in [-0.3, -0.25) is 0 Å². The molecular weight excluding hydrogens is 259 g/mol. The largest absolute Gasteiger partial charge is 0.444 e. The number of carbonyl (C=O) groups is 1. The third kappa shape index (κ3) is 6.52. The van der Waals surface area contributed by atoms with Gasteiger partial charge in [-0.25, -0.2) is 9.18 Å². The van der Waals surface area contributed by atoms with E-state index in [2.05, 4.69) is 10.6 Å². The van der Waals surface area contributed by atoms with E-state index in [-0.39, 0.29) is 11.9 Å². The first kappa shape index (κ1) is 16.4. The van der Waals surface area contributed by atoms with E-state index in [1.54, 1.807) is 12.1 Å². The van der Waals surface area contributed by atoms with Crippen LogP contribution in [0.15, 0.2) is 24.3 Å². The molecule has 1 aromatic rings.